The van der Waals surface area contributed by atoms with Crippen LogP contribution in [-0.2, 0) is 13.1 Å². The van der Waals surface area contributed by atoms with Gasteiger partial charge in [0.25, 0.3) is 5.91 Å². The maximum absolute atomic E-state index is 13.5. The molecule has 4 aromatic rings. The van der Waals surface area contributed by atoms with E-state index in [-0.39, 0.29) is 17.4 Å². The summed E-state index contributed by atoms with van der Waals surface area (Å²) >= 11 is 0. The summed E-state index contributed by atoms with van der Waals surface area (Å²) < 4.78 is 1.90. The molecule has 0 unspecified atom stereocenters. The zero-order valence-corrected chi connectivity index (χ0v) is 18.5. The van der Waals surface area contributed by atoms with Gasteiger partial charge in [-0.05, 0) is 44.2 Å². The minimum absolute atomic E-state index is 0.0481. The Balaban J connectivity index is 1.77. The molecule has 0 spiro atoms. The van der Waals surface area contributed by atoms with Crippen LogP contribution in [-0.4, -0.2) is 54.7 Å². The number of pyridine rings is 1. The van der Waals surface area contributed by atoms with E-state index in [1.807, 2.05) is 24.6 Å². The lowest BCUT2D eigenvalue weighted by Gasteiger charge is -2.18. The fourth-order valence-corrected chi connectivity index (χ4v) is 3.58. The Kier molecular flexibility index (Phi) is 5.72. The van der Waals surface area contributed by atoms with Crippen LogP contribution in [0.1, 0.15) is 28.7 Å². The standard InChI is InChI=1S/C23H25N7O2/c1-5-30-14(2)16(12-26-30)13-29(4)23(32)21-18-11-17(31)6-7-19(18)27-22(28-21)15-8-9-25-20(10-15)24-3/h6-12,31H,5,13H2,1-4H3,(H,24,25). The number of phenolic OH excluding ortho intramolecular Hbond substituents is 1. The maximum atomic E-state index is 13.5. The molecule has 4 rings (SSSR count). The summed E-state index contributed by atoms with van der Waals surface area (Å²) in [5.74, 6) is 0.863. The molecule has 9 heteroatoms. The van der Waals surface area contributed by atoms with Crippen molar-refractivity contribution in [2.75, 3.05) is 19.4 Å². The molecule has 9 nitrogen and oxygen atoms in total. The number of hydrogen-bond acceptors (Lipinski definition) is 7. The molecule has 0 bridgehead atoms. The van der Waals surface area contributed by atoms with E-state index in [9.17, 15) is 9.90 Å². The first-order chi connectivity index (χ1) is 15.4. The maximum Gasteiger partial charge on any atom is 0.273 e. The summed E-state index contributed by atoms with van der Waals surface area (Å²) in [6.45, 7) is 5.17. The average Bonchev–Trinajstić information content (AvgIpc) is 3.16. The number of phenols is 1. The lowest BCUT2D eigenvalue weighted by molar-refractivity contribution is 0.0781. The molecule has 2 N–H and O–H groups in total. The summed E-state index contributed by atoms with van der Waals surface area (Å²) in [6, 6.07) is 8.37. The number of anilines is 1. The number of aryl methyl sites for hydroxylation is 1. The van der Waals surface area contributed by atoms with Gasteiger partial charge in [0.15, 0.2) is 5.82 Å². The van der Waals surface area contributed by atoms with Gasteiger partial charge in [-0.1, -0.05) is 0 Å². The first-order valence-corrected chi connectivity index (χ1v) is 10.3. The van der Waals surface area contributed by atoms with E-state index in [4.69, 9.17) is 0 Å². The topological polar surface area (TPSA) is 109 Å². The first kappa shape index (κ1) is 21.2. The number of rotatable bonds is 6. The number of hydrogen-bond donors (Lipinski definition) is 2. The zero-order chi connectivity index (χ0) is 22.8. The molecular weight excluding hydrogens is 406 g/mol. The number of aromatic hydroxyl groups is 1. The molecule has 0 saturated heterocycles. The molecule has 32 heavy (non-hydrogen) atoms. The molecule has 0 atom stereocenters. The third kappa shape index (κ3) is 3.96. The molecule has 0 saturated carbocycles. The van der Waals surface area contributed by atoms with E-state index in [2.05, 4.69) is 25.4 Å². The Bertz CT molecular complexity index is 1300. The van der Waals surface area contributed by atoms with Gasteiger partial charge >= 0.3 is 0 Å². The van der Waals surface area contributed by atoms with Gasteiger partial charge < -0.3 is 15.3 Å². The SMILES string of the molecule is CCn1ncc(CN(C)C(=O)c2nc(-c3ccnc(NC)c3)nc3ccc(O)cc23)c1C. The molecule has 3 heterocycles. The van der Waals surface area contributed by atoms with Gasteiger partial charge in [-0.2, -0.15) is 5.10 Å². The van der Waals surface area contributed by atoms with Crippen molar-refractivity contribution in [2.45, 2.75) is 26.9 Å². The predicted octanol–water partition coefficient (Wildman–Crippen LogP) is 3.24. The molecule has 1 amide bonds. The molecule has 164 valence electrons. The number of aromatic nitrogens is 5. The van der Waals surface area contributed by atoms with Crippen molar-refractivity contribution in [1.29, 1.82) is 0 Å². The Labute approximate surface area is 185 Å². The lowest BCUT2D eigenvalue weighted by atomic mass is 10.1. The second kappa shape index (κ2) is 8.62. The molecule has 0 aliphatic heterocycles. The van der Waals surface area contributed by atoms with Crippen LogP contribution in [0.5, 0.6) is 5.75 Å². The fraction of sp³-hybridized carbons (Fsp3) is 0.261. The van der Waals surface area contributed by atoms with Crippen LogP contribution in [0, 0.1) is 6.92 Å². The van der Waals surface area contributed by atoms with E-state index in [1.54, 1.807) is 49.6 Å². The Hall–Kier alpha value is -4.01. The van der Waals surface area contributed by atoms with Gasteiger partial charge in [0, 0.05) is 55.6 Å². The molecule has 0 aliphatic carbocycles. The number of fused-ring (bicyclic) bond motifs is 1. The van der Waals surface area contributed by atoms with E-state index < -0.39 is 0 Å². The van der Waals surface area contributed by atoms with Crippen LogP contribution in [0.4, 0.5) is 5.82 Å². The van der Waals surface area contributed by atoms with Crippen LogP contribution < -0.4 is 5.32 Å². The van der Waals surface area contributed by atoms with E-state index >= 15 is 0 Å². The van der Waals surface area contributed by atoms with Gasteiger partial charge in [-0.15, -0.1) is 0 Å². The van der Waals surface area contributed by atoms with Crippen molar-refractivity contribution in [2.24, 2.45) is 0 Å². The van der Waals surface area contributed by atoms with Crippen molar-refractivity contribution in [3.05, 3.63) is 59.7 Å². The normalized spacial score (nSPS) is 11.0. The molecule has 0 aliphatic rings. The van der Waals surface area contributed by atoms with Crippen molar-refractivity contribution >= 4 is 22.6 Å². The quantitative estimate of drug-likeness (QED) is 0.482. The summed E-state index contributed by atoms with van der Waals surface area (Å²) in [5, 5.41) is 17.9. The minimum atomic E-state index is -0.268. The predicted molar refractivity (Wildman–Crippen MR) is 122 cm³/mol. The van der Waals surface area contributed by atoms with Crippen molar-refractivity contribution in [1.82, 2.24) is 29.6 Å². The Morgan fingerprint density at radius 3 is 2.75 bits per heavy atom. The summed E-state index contributed by atoms with van der Waals surface area (Å²) in [4.78, 5) is 28.5. The van der Waals surface area contributed by atoms with E-state index in [0.717, 1.165) is 23.4 Å². The van der Waals surface area contributed by atoms with Crippen molar-refractivity contribution in [3.8, 4) is 17.1 Å². The molecule has 0 fully saturated rings. The largest absolute Gasteiger partial charge is 0.508 e. The summed E-state index contributed by atoms with van der Waals surface area (Å²) in [6.07, 6.45) is 3.45. The lowest BCUT2D eigenvalue weighted by Crippen LogP contribution is -2.27. The molecular formula is C23H25N7O2. The van der Waals surface area contributed by atoms with E-state index in [0.29, 0.717) is 29.1 Å². The Morgan fingerprint density at radius 2 is 2.03 bits per heavy atom. The molecule has 3 aromatic heterocycles. The first-order valence-electron chi connectivity index (χ1n) is 10.3. The van der Waals surface area contributed by atoms with Crippen LogP contribution >= 0.6 is 0 Å². The average molecular weight is 432 g/mol. The van der Waals surface area contributed by atoms with Crippen molar-refractivity contribution < 1.29 is 9.90 Å². The van der Waals surface area contributed by atoms with Crippen molar-refractivity contribution in [3.63, 3.8) is 0 Å². The van der Waals surface area contributed by atoms with Gasteiger partial charge in [0.1, 0.15) is 17.3 Å². The summed E-state index contributed by atoms with van der Waals surface area (Å²) in [5.41, 5.74) is 3.52. The number of amides is 1. The molecule has 0 radical (unpaired) electrons. The van der Waals surface area contributed by atoms with Crippen LogP contribution in [0.15, 0.2) is 42.7 Å². The number of nitrogens with one attached hydrogen (secondary N) is 1. The fourth-order valence-electron chi connectivity index (χ4n) is 3.58. The highest BCUT2D eigenvalue weighted by atomic mass is 16.3. The zero-order valence-electron chi connectivity index (χ0n) is 18.5. The summed E-state index contributed by atoms with van der Waals surface area (Å²) in [7, 11) is 3.51. The Morgan fingerprint density at radius 1 is 1.22 bits per heavy atom. The third-order valence-electron chi connectivity index (χ3n) is 5.41. The van der Waals surface area contributed by atoms with E-state index in [1.165, 1.54) is 6.07 Å². The third-order valence-corrected chi connectivity index (χ3v) is 5.41. The highest BCUT2D eigenvalue weighted by Gasteiger charge is 2.21. The van der Waals surface area contributed by atoms with Crippen LogP contribution in [0.25, 0.3) is 22.3 Å². The highest BCUT2D eigenvalue weighted by molar-refractivity contribution is 6.05. The van der Waals surface area contributed by atoms with Gasteiger partial charge in [0.2, 0.25) is 0 Å². The molecule has 1 aromatic carbocycles. The monoisotopic (exact) mass is 431 g/mol. The van der Waals surface area contributed by atoms with Gasteiger partial charge in [-0.25, -0.2) is 15.0 Å². The number of nitrogens with zero attached hydrogens (tertiary/aromatic N) is 6. The minimum Gasteiger partial charge on any atom is -0.508 e. The second-order valence-electron chi connectivity index (χ2n) is 7.51. The number of carbonyl (C=O) groups is 1. The number of benzene rings is 1. The second-order valence-corrected chi connectivity index (χ2v) is 7.51. The highest BCUT2D eigenvalue weighted by Crippen LogP contribution is 2.26. The van der Waals surface area contributed by atoms with Gasteiger partial charge in [0.05, 0.1) is 11.7 Å². The van der Waals surface area contributed by atoms with Crippen LogP contribution in [0.2, 0.25) is 0 Å². The van der Waals surface area contributed by atoms with Gasteiger partial charge in [-0.3, -0.25) is 9.48 Å². The number of carbonyl (C=O) groups excluding carboxylic acids is 1. The van der Waals surface area contributed by atoms with Crippen LogP contribution in [0.3, 0.4) is 0 Å². The smallest absolute Gasteiger partial charge is 0.273 e.